The highest BCUT2D eigenvalue weighted by Gasteiger charge is 2.23. The van der Waals surface area contributed by atoms with E-state index in [4.69, 9.17) is 0 Å². The van der Waals surface area contributed by atoms with Crippen molar-refractivity contribution in [3.8, 4) is 0 Å². The molecule has 1 saturated heterocycles. The number of halogens is 1. The lowest BCUT2D eigenvalue weighted by molar-refractivity contribution is 0.0698. The zero-order valence-electron chi connectivity index (χ0n) is 11.0. The Morgan fingerprint density at radius 3 is 3.05 bits per heavy atom. The molecule has 0 amide bonds. The second-order valence-corrected chi connectivity index (χ2v) is 5.72. The van der Waals surface area contributed by atoms with E-state index in [0.717, 1.165) is 24.1 Å². The van der Waals surface area contributed by atoms with Crippen molar-refractivity contribution in [3.63, 3.8) is 0 Å². The molecule has 1 unspecified atom stereocenters. The van der Waals surface area contributed by atoms with Crippen LogP contribution in [0.15, 0.2) is 22.7 Å². The third-order valence-corrected chi connectivity index (χ3v) is 4.14. The van der Waals surface area contributed by atoms with Gasteiger partial charge in [-0.3, -0.25) is 4.90 Å². The van der Waals surface area contributed by atoms with Crippen LogP contribution in [0.3, 0.4) is 0 Å². The number of aromatic carboxylic acids is 1. The summed E-state index contributed by atoms with van der Waals surface area (Å²) < 4.78 is 0.888. The highest BCUT2D eigenvalue weighted by atomic mass is 79.9. The van der Waals surface area contributed by atoms with Gasteiger partial charge >= 0.3 is 5.97 Å². The van der Waals surface area contributed by atoms with Crippen molar-refractivity contribution in [2.45, 2.75) is 25.8 Å². The predicted octanol–water partition coefficient (Wildman–Crippen LogP) is 3.04. The fourth-order valence-electron chi connectivity index (χ4n) is 2.62. The van der Waals surface area contributed by atoms with Crippen LogP contribution < -0.4 is 5.32 Å². The summed E-state index contributed by atoms with van der Waals surface area (Å²) in [5, 5.41) is 12.5. The Labute approximate surface area is 121 Å². The molecule has 1 aliphatic heterocycles. The monoisotopic (exact) mass is 326 g/mol. The number of carbonyl (C=O) groups is 1. The molecule has 1 heterocycles. The number of carboxylic acids is 1. The second kappa shape index (κ2) is 6.39. The number of hydrogen-bond donors (Lipinski definition) is 2. The molecule has 1 fully saturated rings. The summed E-state index contributed by atoms with van der Waals surface area (Å²) in [5.41, 5.74) is 1.01. The average Bonchev–Trinajstić information content (AvgIpc) is 2.83. The number of carboxylic acid groups (broad SMARTS) is 1. The largest absolute Gasteiger partial charge is 0.478 e. The Balaban J connectivity index is 2.06. The van der Waals surface area contributed by atoms with Crippen LogP contribution in [-0.4, -0.2) is 41.7 Å². The molecule has 104 valence electrons. The number of likely N-dealkylation sites (N-methyl/N-ethyl adjacent to an activating group) is 1. The quantitative estimate of drug-likeness (QED) is 0.873. The molecular weight excluding hydrogens is 308 g/mol. The molecule has 4 nitrogen and oxygen atoms in total. The van der Waals surface area contributed by atoms with Crippen LogP contribution in [0.4, 0.5) is 5.69 Å². The minimum atomic E-state index is -0.895. The molecule has 0 bridgehead atoms. The van der Waals surface area contributed by atoms with Gasteiger partial charge in [0.25, 0.3) is 0 Å². The fourth-order valence-corrected chi connectivity index (χ4v) is 2.98. The summed E-state index contributed by atoms with van der Waals surface area (Å²) in [7, 11) is 0. The molecule has 1 aromatic carbocycles. The van der Waals surface area contributed by atoms with Gasteiger partial charge in [0.1, 0.15) is 0 Å². The van der Waals surface area contributed by atoms with Crippen LogP contribution in [0.2, 0.25) is 0 Å². The maximum absolute atomic E-state index is 11.2. The Morgan fingerprint density at radius 1 is 1.58 bits per heavy atom. The van der Waals surface area contributed by atoms with Crippen LogP contribution in [0.5, 0.6) is 0 Å². The van der Waals surface area contributed by atoms with Crippen LogP contribution in [-0.2, 0) is 0 Å². The van der Waals surface area contributed by atoms with E-state index in [1.165, 1.54) is 12.8 Å². The fraction of sp³-hybridized carbons (Fsp3) is 0.500. The first-order chi connectivity index (χ1) is 9.11. The lowest BCUT2D eigenvalue weighted by atomic mass is 10.1. The predicted molar refractivity (Wildman–Crippen MR) is 79.9 cm³/mol. The van der Waals surface area contributed by atoms with Gasteiger partial charge in [-0.2, -0.15) is 0 Å². The van der Waals surface area contributed by atoms with Crippen molar-refractivity contribution < 1.29 is 9.90 Å². The van der Waals surface area contributed by atoms with E-state index in [0.29, 0.717) is 17.3 Å². The topological polar surface area (TPSA) is 52.6 Å². The van der Waals surface area contributed by atoms with Gasteiger partial charge in [-0.05, 0) is 44.1 Å². The Kier molecular flexibility index (Phi) is 4.82. The number of benzene rings is 1. The van der Waals surface area contributed by atoms with Gasteiger partial charge in [0.05, 0.1) is 5.56 Å². The van der Waals surface area contributed by atoms with Crippen LogP contribution in [0.25, 0.3) is 0 Å². The second-order valence-electron chi connectivity index (χ2n) is 4.80. The number of rotatable bonds is 5. The minimum Gasteiger partial charge on any atom is -0.478 e. The first-order valence-corrected chi connectivity index (χ1v) is 7.42. The van der Waals surface area contributed by atoms with E-state index in [2.05, 4.69) is 33.1 Å². The molecule has 2 rings (SSSR count). The standard InChI is InChI=1S/C14H19BrN2O2/c1-2-17-7-3-4-11(17)9-16-13-8-10(15)5-6-12(13)14(18)19/h5-6,8,11,16H,2-4,7,9H2,1H3,(H,18,19). The number of likely N-dealkylation sites (tertiary alicyclic amines) is 1. The van der Waals surface area contributed by atoms with E-state index in [-0.39, 0.29) is 0 Å². The molecule has 0 aliphatic carbocycles. The minimum absolute atomic E-state index is 0.323. The molecule has 1 aromatic rings. The maximum Gasteiger partial charge on any atom is 0.337 e. The van der Waals surface area contributed by atoms with Gasteiger partial charge in [-0.25, -0.2) is 4.79 Å². The maximum atomic E-state index is 11.2. The van der Waals surface area contributed by atoms with Gasteiger partial charge in [0.2, 0.25) is 0 Å². The first kappa shape index (κ1) is 14.3. The van der Waals surface area contributed by atoms with Gasteiger partial charge in [-0.15, -0.1) is 0 Å². The smallest absolute Gasteiger partial charge is 0.337 e. The van der Waals surface area contributed by atoms with E-state index < -0.39 is 5.97 Å². The molecule has 0 spiro atoms. The third kappa shape index (κ3) is 3.48. The Hall–Kier alpha value is -1.07. The van der Waals surface area contributed by atoms with Crippen molar-refractivity contribution >= 4 is 27.6 Å². The average molecular weight is 327 g/mol. The van der Waals surface area contributed by atoms with E-state index in [1.54, 1.807) is 12.1 Å². The number of hydrogen-bond acceptors (Lipinski definition) is 3. The van der Waals surface area contributed by atoms with Crippen LogP contribution >= 0.6 is 15.9 Å². The molecular formula is C14H19BrN2O2. The summed E-state index contributed by atoms with van der Waals surface area (Å²) in [6.45, 7) is 5.16. The highest BCUT2D eigenvalue weighted by Crippen LogP contribution is 2.23. The zero-order valence-corrected chi connectivity index (χ0v) is 12.6. The van der Waals surface area contributed by atoms with Crippen molar-refractivity contribution in [3.05, 3.63) is 28.2 Å². The van der Waals surface area contributed by atoms with Crippen molar-refractivity contribution in [1.29, 1.82) is 0 Å². The first-order valence-electron chi connectivity index (χ1n) is 6.62. The van der Waals surface area contributed by atoms with Crippen molar-refractivity contribution in [2.24, 2.45) is 0 Å². The summed E-state index contributed by atoms with van der Waals surface area (Å²) in [5.74, 6) is -0.895. The number of anilines is 1. The van der Waals surface area contributed by atoms with Gasteiger partial charge in [-0.1, -0.05) is 22.9 Å². The van der Waals surface area contributed by atoms with Gasteiger partial charge in [0.15, 0.2) is 0 Å². The number of nitrogens with zero attached hydrogens (tertiary/aromatic N) is 1. The lowest BCUT2D eigenvalue weighted by Gasteiger charge is -2.23. The molecule has 1 atom stereocenters. The summed E-state index contributed by atoms with van der Waals surface area (Å²) in [6.07, 6.45) is 2.40. The normalized spacial score (nSPS) is 19.6. The summed E-state index contributed by atoms with van der Waals surface area (Å²) in [4.78, 5) is 13.6. The van der Waals surface area contributed by atoms with Crippen molar-refractivity contribution in [2.75, 3.05) is 25.0 Å². The molecule has 5 heteroatoms. The molecule has 2 N–H and O–H groups in total. The zero-order chi connectivity index (χ0) is 13.8. The summed E-state index contributed by atoms with van der Waals surface area (Å²) in [6, 6.07) is 5.71. The van der Waals surface area contributed by atoms with Gasteiger partial charge in [0, 0.05) is 22.7 Å². The SMILES string of the molecule is CCN1CCCC1CNc1cc(Br)ccc1C(=O)O. The Morgan fingerprint density at radius 2 is 2.37 bits per heavy atom. The Bertz CT molecular complexity index is 465. The van der Waals surface area contributed by atoms with Crippen molar-refractivity contribution in [1.82, 2.24) is 4.90 Å². The molecule has 0 radical (unpaired) electrons. The molecule has 1 aliphatic rings. The lowest BCUT2D eigenvalue weighted by Crippen LogP contribution is -2.34. The molecule has 0 aromatic heterocycles. The number of nitrogens with one attached hydrogen (secondary N) is 1. The molecule has 0 saturated carbocycles. The summed E-state index contributed by atoms with van der Waals surface area (Å²) >= 11 is 3.38. The van der Waals surface area contributed by atoms with Crippen LogP contribution in [0, 0.1) is 0 Å². The van der Waals surface area contributed by atoms with E-state index in [9.17, 15) is 9.90 Å². The van der Waals surface area contributed by atoms with Crippen LogP contribution in [0.1, 0.15) is 30.1 Å². The third-order valence-electron chi connectivity index (χ3n) is 3.65. The van der Waals surface area contributed by atoms with E-state index >= 15 is 0 Å². The molecule has 19 heavy (non-hydrogen) atoms. The highest BCUT2D eigenvalue weighted by molar-refractivity contribution is 9.10. The van der Waals surface area contributed by atoms with Gasteiger partial charge < -0.3 is 10.4 Å². The van der Waals surface area contributed by atoms with E-state index in [1.807, 2.05) is 6.07 Å².